The van der Waals surface area contributed by atoms with Crippen LogP contribution in [0, 0.1) is 0 Å². The van der Waals surface area contributed by atoms with Crippen LogP contribution < -0.4 is 5.32 Å². The van der Waals surface area contributed by atoms with E-state index in [0.29, 0.717) is 11.6 Å². The maximum atomic E-state index is 11.7. The second-order valence-corrected chi connectivity index (χ2v) is 4.23. The van der Waals surface area contributed by atoms with Crippen LogP contribution in [-0.4, -0.2) is 43.5 Å². The summed E-state index contributed by atoms with van der Waals surface area (Å²) in [4.78, 5) is 26.2. The van der Waals surface area contributed by atoms with Crippen LogP contribution in [0.15, 0.2) is 24.5 Å². The Labute approximate surface area is 118 Å². The SMILES string of the molecule is O=C(O)c1cn(CCNC(=O)c2ccc(Cl)cn2)nn1. The Bertz CT molecular complexity index is 625. The molecule has 9 heteroatoms. The van der Waals surface area contributed by atoms with Crippen LogP contribution in [0.25, 0.3) is 0 Å². The molecule has 1 amide bonds. The lowest BCUT2D eigenvalue weighted by Crippen LogP contribution is -2.28. The fourth-order valence-electron chi connectivity index (χ4n) is 1.39. The number of hydrogen-bond donors (Lipinski definition) is 2. The van der Waals surface area contributed by atoms with Gasteiger partial charge in [-0.3, -0.25) is 4.79 Å². The molecule has 0 fully saturated rings. The van der Waals surface area contributed by atoms with E-state index in [0.717, 1.165) is 0 Å². The van der Waals surface area contributed by atoms with Gasteiger partial charge in [0.05, 0.1) is 17.8 Å². The Morgan fingerprint density at radius 3 is 2.75 bits per heavy atom. The Hall–Kier alpha value is -2.48. The van der Waals surface area contributed by atoms with Crippen LogP contribution in [0.5, 0.6) is 0 Å². The molecule has 2 aromatic heterocycles. The van der Waals surface area contributed by atoms with Crippen molar-refractivity contribution in [3.8, 4) is 0 Å². The summed E-state index contributed by atoms with van der Waals surface area (Å²) < 4.78 is 1.33. The third-order valence-corrected chi connectivity index (χ3v) is 2.57. The summed E-state index contributed by atoms with van der Waals surface area (Å²) >= 11 is 5.67. The van der Waals surface area contributed by atoms with E-state index in [1.165, 1.54) is 23.1 Å². The second kappa shape index (κ2) is 6.11. The Morgan fingerprint density at radius 2 is 2.15 bits per heavy atom. The summed E-state index contributed by atoms with van der Waals surface area (Å²) in [7, 11) is 0. The first-order valence-corrected chi connectivity index (χ1v) is 5.97. The quantitative estimate of drug-likeness (QED) is 0.829. The van der Waals surface area contributed by atoms with Gasteiger partial charge in [-0.25, -0.2) is 14.5 Å². The summed E-state index contributed by atoms with van der Waals surface area (Å²) in [6.07, 6.45) is 2.67. The molecule has 0 atom stereocenters. The number of aromatic carboxylic acids is 1. The highest BCUT2D eigenvalue weighted by molar-refractivity contribution is 6.30. The smallest absolute Gasteiger partial charge is 0.358 e. The number of carbonyl (C=O) groups is 2. The van der Waals surface area contributed by atoms with E-state index < -0.39 is 5.97 Å². The number of nitrogens with zero attached hydrogens (tertiary/aromatic N) is 4. The number of halogens is 1. The molecule has 0 aliphatic carbocycles. The fourth-order valence-corrected chi connectivity index (χ4v) is 1.50. The molecule has 0 radical (unpaired) electrons. The van der Waals surface area contributed by atoms with E-state index in [2.05, 4.69) is 20.6 Å². The molecule has 0 aromatic carbocycles. The van der Waals surface area contributed by atoms with Crippen LogP contribution in [0.2, 0.25) is 5.02 Å². The molecule has 0 saturated carbocycles. The van der Waals surface area contributed by atoms with E-state index in [1.807, 2.05) is 0 Å². The van der Waals surface area contributed by atoms with Gasteiger partial charge in [0, 0.05) is 12.7 Å². The molecule has 0 unspecified atom stereocenters. The predicted molar refractivity (Wildman–Crippen MR) is 68.6 cm³/mol. The van der Waals surface area contributed by atoms with Crippen molar-refractivity contribution < 1.29 is 14.7 Å². The van der Waals surface area contributed by atoms with Gasteiger partial charge in [-0.2, -0.15) is 0 Å². The zero-order valence-corrected chi connectivity index (χ0v) is 10.9. The second-order valence-electron chi connectivity index (χ2n) is 3.79. The maximum absolute atomic E-state index is 11.7. The molecule has 0 saturated heterocycles. The highest BCUT2D eigenvalue weighted by atomic mass is 35.5. The third kappa shape index (κ3) is 3.51. The van der Waals surface area contributed by atoms with Gasteiger partial charge in [0.25, 0.3) is 5.91 Å². The number of carboxylic acid groups (broad SMARTS) is 1. The van der Waals surface area contributed by atoms with Gasteiger partial charge in [-0.15, -0.1) is 5.10 Å². The summed E-state index contributed by atoms with van der Waals surface area (Å²) in [6.45, 7) is 0.575. The first-order chi connectivity index (χ1) is 9.56. The minimum Gasteiger partial charge on any atom is -0.476 e. The van der Waals surface area contributed by atoms with Crippen molar-refractivity contribution in [1.29, 1.82) is 0 Å². The number of nitrogens with one attached hydrogen (secondary N) is 1. The normalized spacial score (nSPS) is 10.2. The summed E-state index contributed by atoms with van der Waals surface area (Å²) in [5, 5.41) is 18.8. The van der Waals surface area contributed by atoms with Gasteiger partial charge in [0.15, 0.2) is 5.69 Å². The minimum atomic E-state index is -1.15. The average molecular weight is 296 g/mol. The topological polar surface area (TPSA) is 110 Å². The van der Waals surface area contributed by atoms with Crippen molar-refractivity contribution in [3.63, 3.8) is 0 Å². The number of hydrogen-bond acceptors (Lipinski definition) is 5. The maximum Gasteiger partial charge on any atom is 0.358 e. The van der Waals surface area contributed by atoms with Crippen molar-refractivity contribution in [1.82, 2.24) is 25.3 Å². The third-order valence-electron chi connectivity index (χ3n) is 2.34. The van der Waals surface area contributed by atoms with Gasteiger partial charge < -0.3 is 10.4 Å². The van der Waals surface area contributed by atoms with Crippen LogP contribution >= 0.6 is 11.6 Å². The molecule has 2 N–H and O–H groups in total. The lowest BCUT2D eigenvalue weighted by atomic mass is 10.3. The minimum absolute atomic E-state index is 0.143. The van der Waals surface area contributed by atoms with E-state index >= 15 is 0 Å². The van der Waals surface area contributed by atoms with E-state index in [4.69, 9.17) is 16.7 Å². The molecule has 0 aliphatic heterocycles. The number of amides is 1. The zero-order chi connectivity index (χ0) is 14.5. The monoisotopic (exact) mass is 295 g/mol. The van der Waals surface area contributed by atoms with Crippen LogP contribution in [0.3, 0.4) is 0 Å². The number of rotatable bonds is 5. The Balaban J connectivity index is 1.84. The van der Waals surface area contributed by atoms with Crippen LogP contribution in [0.4, 0.5) is 0 Å². The van der Waals surface area contributed by atoms with Crippen molar-refractivity contribution in [3.05, 3.63) is 40.9 Å². The Kier molecular flexibility index (Phi) is 4.26. The molecule has 8 nitrogen and oxygen atoms in total. The van der Waals surface area contributed by atoms with E-state index in [-0.39, 0.29) is 23.8 Å². The lowest BCUT2D eigenvalue weighted by molar-refractivity contribution is 0.0690. The highest BCUT2D eigenvalue weighted by Gasteiger charge is 2.09. The largest absolute Gasteiger partial charge is 0.476 e. The fraction of sp³-hybridized carbons (Fsp3) is 0.182. The predicted octanol–water partition coefficient (Wildman–Crippen LogP) is 0.455. The lowest BCUT2D eigenvalue weighted by Gasteiger charge is -2.04. The van der Waals surface area contributed by atoms with Crippen LogP contribution in [-0.2, 0) is 6.54 Å². The molecular weight excluding hydrogens is 286 g/mol. The molecule has 20 heavy (non-hydrogen) atoms. The zero-order valence-electron chi connectivity index (χ0n) is 10.2. The summed E-state index contributed by atoms with van der Waals surface area (Å²) in [5.41, 5.74) is 0.106. The van der Waals surface area contributed by atoms with Gasteiger partial charge in [-0.1, -0.05) is 16.8 Å². The standard InChI is InChI=1S/C11H10ClN5O3/c12-7-1-2-8(14-5-7)10(18)13-3-4-17-6-9(11(19)20)15-16-17/h1-2,5-6H,3-4H2,(H,13,18)(H,19,20). The van der Waals surface area contributed by atoms with E-state index in [1.54, 1.807) is 6.07 Å². The number of aromatic nitrogens is 4. The van der Waals surface area contributed by atoms with Gasteiger partial charge in [0.2, 0.25) is 0 Å². The van der Waals surface area contributed by atoms with Gasteiger partial charge >= 0.3 is 5.97 Å². The summed E-state index contributed by atoms with van der Waals surface area (Å²) in [5.74, 6) is -1.49. The molecule has 2 aromatic rings. The van der Waals surface area contributed by atoms with Crippen molar-refractivity contribution in [2.24, 2.45) is 0 Å². The van der Waals surface area contributed by atoms with Crippen molar-refractivity contribution in [2.75, 3.05) is 6.54 Å². The van der Waals surface area contributed by atoms with Crippen molar-refractivity contribution >= 4 is 23.5 Å². The molecule has 104 valence electrons. The molecule has 0 aliphatic rings. The number of pyridine rings is 1. The highest BCUT2D eigenvalue weighted by Crippen LogP contribution is 2.05. The van der Waals surface area contributed by atoms with Gasteiger partial charge in [0.1, 0.15) is 5.69 Å². The average Bonchev–Trinajstić information content (AvgIpc) is 2.88. The molecular formula is C11H10ClN5O3. The Morgan fingerprint density at radius 1 is 1.35 bits per heavy atom. The number of carbonyl (C=O) groups excluding carboxylic acids is 1. The van der Waals surface area contributed by atoms with E-state index in [9.17, 15) is 9.59 Å². The number of carboxylic acids is 1. The van der Waals surface area contributed by atoms with Gasteiger partial charge in [-0.05, 0) is 12.1 Å². The van der Waals surface area contributed by atoms with Crippen LogP contribution in [0.1, 0.15) is 21.0 Å². The molecule has 0 bridgehead atoms. The first kappa shape index (κ1) is 13.9. The molecule has 2 heterocycles. The first-order valence-electron chi connectivity index (χ1n) is 5.59. The summed E-state index contributed by atoms with van der Waals surface area (Å²) in [6, 6.07) is 3.08. The molecule has 0 spiro atoms. The van der Waals surface area contributed by atoms with Crippen molar-refractivity contribution in [2.45, 2.75) is 6.54 Å². The molecule has 2 rings (SSSR count).